The first-order chi connectivity index (χ1) is 14.1. The third-order valence-corrected chi connectivity index (χ3v) is 5.93. The van der Waals surface area contributed by atoms with Crippen molar-refractivity contribution in [2.45, 2.75) is 6.54 Å². The van der Waals surface area contributed by atoms with Gasteiger partial charge in [0.15, 0.2) is 0 Å². The molecule has 0 fully saturated rings. The van der Waals surface area contributed by atoms with Crippen molar-refractivity contribution in [2.24, 2.45) is 0 Å². The van der Waals surface area contributed by atoms with E-state index in [1.54, 1.807) is 6.07 Å². The van der Waals surface area contributed by atoms with E-state index in [0.717, 1.165) is 20.9 Å². The minimum Gasteiger partial charge on any atom is -0.341 e. The van der Waals surface area contributed by atoms with Crippen molar-refractivity contribution in [1.82, 2.24) is 14.5 Å². The lowest BCUT2D eigenvalue weighted by molar-refractivity contribution is 0.837. The number of benzene rings is 3. The molecule has 0 bridgehead atoms. The van der Waals surface area contributed by atoms with E-state index in [2.05, 4.69) is 37.6 Å². The number of aromatic nitrogens is 3. The molecule has 0 aliphatic heterocycles. The van der Waals surface area contributed by atoms with Gasteiger partial charge in [-0.1, -0.05) is 60.1 Å². The Morgan fingerprint density at radius 2 is 1.72 bits per heavy atom. The molecule has 6 heteroatoms. The number of nitrogens with zero attached hydrogens (tertiary/aromatic N) is 2. The molecule has 0 aliphatic rings. The first-order valence-corrected chi connectivity index (χ1v) is 10.3. The van der Waals surface area contributed by atoms with Gasteiger partial charge in [-0.2, -0.15) is 0 Å². The van der Waals surface area contributed by atoms with Crippen LogP contribution in [0.1, 0.15) is 5.56 Å². The van der Waals surface area contributed by atoms with Gasteiger partial charge in [0.25, 0.3) is 5.56 Å². The smallest absolute Gasteiger partial charge is 0.259 e. The minimum atomic E-state index is -0.169. The average molecular weight is 465 g/mol. The maximum atomic E-state index is 12.7. The fraction of sp³-hybridized carbons (Fsp3) is 0.0435. The van der Waals surface area contributed by atoms with Gasteiger partial charge in [0.1, 0.15) is 5.82 Å². The Bertz CT molecular complexity index is 1420. The van der Waals surface area contributed by atoms with Crippen LogP contribution in [0.3, 0.4) is 0 Å². The van der Waals surface area contributed by atoms with Crippen molar-refractivity contribution in [2.75, 3.05) is 0 Å². The van der Waals surface area contributed by atoms with Crippen molar-refractivity contribution in [1.29, 1.82) is 0 Å². The molecule has 0 unspecified atom stereocenters. The second-order valence-corrected chi connectivity index (χ2v) is 8.10. The van der Waals surface area contributed by atoms with E-state index in [-0.39, 0.29) is 5.56 Å². The number of halogens is 2. The number of rotatable bonds is 3. The number of aromatic amines is 1. The molecule has 0 spiro atoms. The van der Waals surface area contributed by atoms with Gasteiger partial charge in [-0.3, -0.25) is 4.79 Å². The predicted molar refractivity (Wildman–Crippen MR) is 122 cm³/mol. The lowest BCUT2D eigenvalue weighted by Crippen LogP contribution is -2.09. The zero-order valence-corrected chi connectivity index (χ0v) is 17.5. The first kappa shape index (κ1) is 18.2. The average Bonchev–Trinajstić information content (AvgIpc) is 3.09. The summed E-state index contributed by atoms with van der Waals surface area (Å²) in [5.41, 5.74) is 3.39. The standard InChI is InChI=1S/C23H15BrClN3O/c24-18-10-4-9-16-20(18)26-22(27-23(16)29)17-13-28(12-14-6-2-1-3-7-14)21-15(17)8-5-11-19(21)25/h1-11,13H,12H2,(H,26,27,29). The van der Waals surface area contributed by atoms with Gasteiger partial charge in [-0.05, 0) is 39.7 Å². The van der Waals surface area contributed by atoms with Gasteiger partial charge in [-0.15, -0.1) is 0 Å². The monoisotopic (exact) mass is 463 g/mol. The Hall–Kier alpha value is -2.89. The summed E-state index contributed by atoms with van der Waals surface area (Å²) in [4.78, 5) is 20.4. The highest BCUT2D eigenvalue weighted by molar-refractivity contribution is 9.10. The molecular formula is C23H15BrClN3O. The summed E-state index contributed by atoms with van der Waals surface area (Å²) in [5, 5.41) is 2.16. The van der Waals surface area contributed by atoms with Crippen LogP contribution < -0.4 is 5.56 Å². The quantitative estimate of drug-likeness (QED) is 0.355. The third kappa shape index (κ3) is 3.16. The second-order valence-electron chi connectivity index (χ2n) is 6.84. The lowest BCUT2D eigenvalue weighted by Gasteiger charge is -2.06. The normalized spacial score (nSPS) is 11.4. The molecule has 29 heavy (non-hydrogen) atoms. The van der Waals surface area contributed by atoms with E-state index in [0.29, 0.717) is 28.3 Å². The van der Waals surface area contributed by atoms with Crippen LogP contribution in [0.5, 0.6) is 0 Å². The van der Waals surface area contributed by atoms with E-state index in [1.165, 1.54) is 5.56 Å². The number of para-hydroxylation sites is 2. The second kappa shape index (κ2) is 7.17. The maximum absolute atomic E-state index is 12.7. The molecule has 5 aromatic rings. The Balaban J connectivity index is 1.76. The third-order valence-electron chi connectivity index (χ3n) is 4.99. The molecule has 142 valence electrons. The van der Waals surface area contributed by atoms with Crippen LogP contribution in [0.25, 0.3) is 33.2 Å². The summed E-state index contributed by atoms with van der Waals surface area (Å²) < 4.78 is 2.89. The van der Waals surface area contributed by atoms with Crippen molar-refractivity contribution in [3.63, 3.8) is 0 Å². The zero-order chi connectivity index (χ0) is 20.0. The van der Waals surface area contributed by atoms with Crippen molar-refractivity contribution >= 4 is 49.3 Å². The van der Waals surface area contributed by atoms with Gasteiger partial charge in [-0.25, -0.2) is 4.98 Å². The molecule has 0 saturated carbocycles. The van der Waals surface area contributed by atoms with Gasteiger partial charge in [0.05, 0.1) is 21.4 Å². The number of nitrogens with one attached hydrogen (secondary N) is 1. The highest BCUT2D eigenvalue weighted by Gasteiger charge is 2.16. The van der Waals surface area contributed by atoms with Gasteiger partial charge >= 0.3 is 0 Å². The lowest BCUT2D eigenvalue weighted by atomic mass is 10.1. The molecule has 4 nitrogen and oxygen atoms in total. The molecule has 2 aromatic heterocycles. The fourth-order valence-electron chi connectivity index (χ4n) is 3.66. The fourth-order valence-corrected chi connectivity index (χ4v) is 4.40. The van der Waals surface area contributed by atoms with E-state index >= 15 is 0 Å². The highest BCUT2D eigenvalue weighted by Crippen LogP contribution is 2.34. The summed E-state index contributed by atoms with van der Waals surface area (Å²) in [6, 6.07) is 21.5. The van der Waals surface area contributed by atoms with Gasteiger partial charge < -0.3 is 9.55 Å². The molecule has 0 aliphatic carbocycles. The molecule has 5 rings (SSSR count). The summed E-state index contributed by atoms with van der Waals surface area (Å²) in [6.45, 7) is 0.669. The van der Waals surface area contributed by atoms with E-state index in [4.69, 9.17) is 16.6 Å². The van der Waals surface area contributed by atoms with Crippen LogP contribution in [0.2, 0.25) is 5.02 Å². The summed E-state index contributed by atoms with van der Waals surface area (Å²) in [6.07, 6.45) is 2.00. The predicted octanol–water partition coefficient (Wildman–Crippen LogP) is 6.01. The number of fused-ring (bicyclic) bond motifs is 2. The Labute approximate surface area is 179 Å². The van der Waals surface area contributed by atoms with Crippen LogP contribution in [-0.4, -0.2) is 14.5 Å². The molecular weight excluding hydrogens is 450 g/mol. The van der Waals surface area contributed by atoms with E-state index in [9.17, 15) is 4.79 Å². The Kier molecular flexibility index (Phi) is 4.49. The van der Waals surface area contributed by atoms with Gasteiger partial charge in [0, 0.05) is 28.2 Å². The van der Waals surface area contributed by atoms with E-state index in [1.807, 2.05) is 54.7 Å². The van der Waals surface area contributed by atoms with Crippen LogP contribution in [0.15, 0.2) is 82.2 Å². The molecule has 3 aromatic carbocycles. The van der Waals surface area contributed by atoms with E-state index < -0.39 is 0 Å². The number of H-pyrrole nitrogens is 1. The molecule has 0 amide bonds. The van der Waals surface area contributed by atoms with Crippen molar-refractivity contribution in [3.8, 4) is 11.4 Å². The Morgan fingerprint density at radius 3 is 2.55 bits per heavy atom. The Morgan fingerprint density at radius 1 is 0.966 bits per heavy atom. The summed E-state index contributed by atoms with van der Waals surface area (Å²) in [5.74, 6) is 0.522. The van der Waals surface area contributed by atoms with Crippen LogP contribution in [-0.2, 0) is 6.54 Å². The maximum Gasteiger partial charge on any atom is 0.259 e. The SMILES string of the molecule is O=c1[nH]c(-c2cn(Cc3ccccc3)c3c(Cl)cccc23)nc2c(Br)cccc12. The summed E-state index contributed by atoms with van der Waals surface area (Å²) in [7, 11) is 0. The molecule has 0 radical (unpaired) electrons. The highest BCUT2D eigenvalue weighted by atomic mass is 79.9. The molecule has 0 atom stereocenters. The largest absolute Gasteiger partial charge is 0.341 e. The molecule has 1 N–H and O–H groups in total. The van der Waals surface area contributed by atoms with Crippen LogP contribution in [0, 0.1) is 0 Å². The number of hydrogen-bond acceptors (Lipinski definition) is 2. The topological polar surface area (TPSA) is 50.7 Å². The van der Waals surface area contributed by atoms with Crippen molar-refractivity contribution < 1.29 is 0 Å². The summed E-state index contributed by atoms with van der Waals surface area (Å²) >= 11 is 10.1. The van der Waals surface area contributed by atoms with Crippen molar-refractivity contribution in [3.05, 3.63) is 98.3 Å². The first-order valence-electron chi connectivity index (χ1n) is 9.12. The number of hydrogen-bond donors (Lipinski definition) is 1. The van der Waals surface area contributed by atoms with Crippen LogP contribution in [0.4, 0.5) is 0 Å². The van der Waals surface area contributed by atoms with Crippen LogP contribution >= 0.6 is 27.5 Å². The molecule has 0 saturated heterocycles. The minimum absolute atomic E-state index is 0.169. The van der Waals surface area contributed by atoms with Gasteiger partial charge in [0.2, 0.25) is 0 Å². The molecule has 2 heterocycles. The zero-order valence-electron chi connectivity index (χ0n) is 15.2.